The first-order valence-electron chi connectivity index (χ1n) is 10.5. The highest BCUT2D eigenvalue weighted by Crippen LogP contribution is 2.48. The van der Waals surface area contributed by atoms with Gasteiger partial charge in [-0.05, 0) is 54.7 Å². The molecule has 2 heterocycles. The molecule has 4 rings (SSSR count). The maximum atomic E-state index is 12.8. The molecule has 1 unspecified atom stereocenters. The summed E-state index contributed by atoms with van der Waals surface area (Å²) in [6.45, 7) is 3.26. The summed E-state index contributed by atoms with van der Waals surface area (Å²) in [7, 11) is 0. The Balaban J connectivity index is 1.28. The average Bonchev–Trinajstić information content (AvgIpc) is 3.37. The molecule has 0 radical (unpaired) electrons. The molecule has 2 aliphatic heterocycles. The van der Waals surface area contributed by atoms with Gasteiger partial charge in [0.1, 0.15) is 6.04 Å². The van der Waals surface area contributed by atoms with Crippen LogP contribution in [0.25, 0.3) is 0 Å². The van der Waals surface area contributed by atoms with Gasteiger partial charge < -0.3 is 15.0 Å². The Morgan fingerprint density at radius 3 is 2.83 bits per heavy atom. The highest BCUT2D eigenvalue weighted by atomic mass is 16.5. The van der Waals surface area contributed by atoms with Crippen molar-refractivity contribution in [3.8, 4) is 0 Å². The van der Waals surface area contributed by atoms with Crippen molar-refractivity contribution in [3.63, 3.8) is 0 Å². The lowest BCUT2D eigenvalue weighted by Gasteiger charge is -2.29. The van der Waals surface area contributed by atoms with Gasteiger partial charge in [-0.2, -0.15) is 0 Å². The van der Waals surface area contributed by atoms with Gasteiger partial charge >= 0.3 is 6.09 Å². The first kappa shape index (κ1) is 20.4. The molecule has 1 saturated carbocycles. The van der Waals surface area contributed by atoms with Gasteiger partial charge in [0.15, 0.2) is 0 Å². The first-order valence-corrected chi connectivity index (χ1v) is 10.5. The molecule has 1 atom stereocenters. The molecule has 30 heavy (non-hydrogen) atoms. The molecule has 8 heteroatoms. The molecule has 1 aromatic carbocycles. The number of nitrogens with one attached hydrogen (secondary N) is 2. The largest absolute Gasteiger partial charge is 0.450 e. The van der Waals surface area contributed by atoms with E-state index in [2.05, 4.69) is 17.6 Å². The Labute approximate surface area is 175 Å². The predicted molar refractivity (Wildman–Crippen MR) is 107 cm³/mol. The fraction of sp³-hybridized carbons (Fsp3) is 0.545. The maximum Gasteiger partial charge on any atom is 0.407 e. The molecule has 1 aromatic rings. The molecule has 3 aliphatic rings. The van der Waals surface area contributed by atoms with E-state index < -0.39 is 18.0 Å². The molecule has 2 fully saturated rings. The summed E-state index contributed by atoms with van der Waals surface area (Å²) in [5.41, 5.74) is 2.61. The minimum atomic E-state index is -0.628. The summed E-state index contributed by atoms with van der Waals surface area (Å²) in [6.07, 6.45) is 4.57. The van der Waals surface area contributed by atoms with Gasteiger partial charge in [-0.15, -0.1) is 0 Å². The Hall–Kier alpha value is -2.90. The van der Waals surface area contributed by atoms with Crippen molar-refractivity contribution in [2.75, 3.05) is 6.61 Å². The number of rotatable bonds is 7. The number of carbonyl (C=O) groups excluding carboxylic acids is 4. The lowest BCUT2D eigenvalue weighted by atomic mass is 10.0. The van der Waals surface area contributed by atoms with E-state index in [1.54, 1.807) is 6.07 Å². The zero-order chi connectivity index (χ0) is 21.3. The molecular formula is C22H27N3O5. The van der Waals surface area contributed by atoms with Gasteiger partial charge in [0.25, 0.3) is 5.91 Å². The number of alkyl carbamates (subject to hydrolysis) is 1. The summed E-state index contributed by atoms with van der Waals surface area (Å²) in [4.78, 5) is 49.7. The number of nitrogens with zero attached hydrogens (tertiary/aromatic N) is 1. The topological polar surface area (TPSA) is 105 Å². The lowest BCUT2D eigenvalue weighted by molar-refractivity contribution is -0.136. The number of fused-ring (bicyclic) bond motifs is 1. The van der Waals surface area contributed by atoms with Crippen molar-refractivity contribution >= 4 is 23.8 Å². The van der Waals surface area contributed by atoms with Crippen LogP contribution in [0, 0.1) is 5.41 Å². The van der Waals surface area contributed by atoms with Gasteiger partial charge in [0, 0.05) is 25.1 Å². The summed E-state index contributed by atoms with van der Waals surface area (Å²) in [6, 6.07) is 4.82. The molecule has 0 aromatic heterocycles. The number of hydrogen-bond donors (Lipinski definition) is 2. The smallest absolute Gasteiger partial charge is 0.407 e. The molecule has 8 nitrogen and oxygen atoms in total. The van der Waals surface area contributed by atoms with Crippen molar-refractivity contribution < 1.29 is 23.9 Å². The fourth-order valence-electron chi connectivity index (χ4n) is 4.06. The van der Waals surface area contributed by atoms with Crippen molar-refractivity contribution in [1.82, 2.24) is 15.5 Å². The minimum Gasteiger partial charge on any atom is -0.450 e. The monoisotopic (exact) mass is 413 g/mol. The number of ether oxygens (including phenoxy) is 1. The summed E-state index contributed by atoms with van der Waals surface area (Å²) in [5, 5.41) is 5.01. The minimum absolute atomic E-state index is 0.225. The van der Waals surface area contributed by atoms with Gasteiger partial charge in [-0.25, -0.2) is 4.79 Å². The Morgan fingerprint density at radius 1 is 1.30 bits per heavy atom. The van der Waals surface area contributed by atoms with Crippen molar-refractivity contribution in [2.24, 2.45) is 5.41 Å². The standard InChI is InChI=1S/C22H27N3O5/c1-22(8-9-22)7-2-10-30-21(29)23-12-14-3-4-15-13-25(20(28)16(15)11-14)17-5-6-18(26)24-19(17)27/h3-4,11,17H,2,5-10,12-13H2,1H3,(H,23,29)(H,24,26,27). The summed E-state index contributed by atoms with van der Waals surface area (Å²) in [5.74, 6) is -0.951. The van der Waals surface area contributed by atoms with Crippen LogP contribution in [0.5, 0.6) is 0 Å². The SMILES string of the molecule is CC1(CCCOC(=O)NCc2ccc3c(c2)C(=O)N(C2CCC(=O)NC2=O)C3)CC1. The Bertz CT molecular complexity index is 893. The number of piperidine rings is 1. The number of amides is 4. The van der Waals surface area contributed by atoms with Gasteiger partial charge in [0.2, 0.25) is 11.8 Å². The highest BCUT2D eigenvalue weighted by molar-refractivity contribution is 6.05. The van der Waals surface area contributed by atoms with Crippen LogP contribution in [0.3, 0.4) is 0 Å². The van der Waals surface area contributed by atoms with E-state index in [4.69, 9.17) is 4.74 Å². The number of benzene rings is 1. The van der Waals surface area contributed by atoms with E-state index in [-0.39, 0.29) is 24.8 Å². The first-order chi connectivity index (χ1) is 14.3. The van der Waals surface area contributed by atoms with E-state index in [0.29, 0.717) is 30.6 Å². The third-order valence-corrected chi connectivity index (χ3v) is 6.29. The van der Waals surface area contributed by atoms with Gasteiger partial charge in [-0.3, -0.25) is 19.7 Å². The highest BCUT2D eigenvalue weighted by Gasteiger charge is 2.39. The summed E-state index contributed by atoms with van der Waals surface area (Å²) < 4.78 is 5.22. The average molecular weight is 413 g/mol. The molecular weight excluding hydrogens is 386 g/mol. The van der Waals surface area contributed by atoms with Crippen LogP contribution in [0.1, 0.15) is 66.9 Å². The Morgan fingerprint density at radius 2 is 2.10 bits per heavy atom. The maximum absolute atomic E-state index is 12.8. The number of carbonyl (C=O) groups is 4. The zero-order valence-electron chi connectivity index (χ0n) is 17.2. The van der Waals surface area contributed by atoms with Crippen molar-refractivity contribution in [1.29, 1.82) is 0 Å². The van der Waals surface area contributed by atoms with E-state index in [0.717, 1.165) is 24.0 Å². The predicted octanol–water partition coefficient (Wildman–Crippen LogP) is 2.25. The van der Waals surface area contributed by atoms with E-state index in [1.165, 1.54) is 17.7 Å². The fourth-order valence-corrected chi connectivity index (χ4v) is 4.06. The van der Waals surface area contributed by atoms with Gasteiger partial charge in [0.05, 0.1) is 6.61 Å². The molecule has 1 aliphatic carbocycles. The van der Waals surface area contributed by atoms with Crippen LogP contribution < -0.4 is 10.6 Å². The molecule has 160 valence electrons. The second-order valence-electron chi connectivity index (χ2n) is 8.80. The van der Waals surface area contributed by atoms with Crippen molar-refractivity contribution in [3.05, 3.63) is 34.9 Å². The van der Waals surface area contributed by atoms with Crippen LogP contribution in [0.4, 0.5) is 4.79 Å². The van der Waals surface area contributed by atoms with E-state index in [1.807, 2.05) is 12.1 Å². The Kier molecular flexibility index (Phi) is 5.49. The lowest BCUT2D eigenvalue weighted by Crippen LogP contribution is -2.52. The molecule has 0 spiro atoms. The molecule has 2 N–H and O–H groups in total. The van der Waals surface area contributed by atoms with E-state index in [9.17, 15) is 19.2 Å². The molecule has 4 amide bonds. The van der Waals surface area contributed by atoms with Crippen LogP contribution in [0.15, 0.2) is 18.2 Å². The number of hydrogen-bond acceptors (Lipinski definition) is 5. The third-order valence-electron chi connectivity index (χ3n) is 6.29. The van der Waals surface area contributed by atoms with E-state index >= 15 is 0 Å². The number of imide groups is 1. The normalized spacial score (nSPS) is 21.8. The van der Waals surface area contributed by atoms with Crippen LogP contribution in [-0.4, -0.2) is 41.4 Å². The quantitative estimate of drug-likeness (QED) is 0.527. The van der Waals surface area contributed by atoms with Crippen molar-refractivity contribution in [2.45, 2.75) is 64.6 Å². The summed E-state index contributed by atoms with van der Waals surface area (Å²) >= 11 is 0. The van der Waals surface area contributed by atoms with Crippen LogP contribution in [0.2, 0.25) is 0 Å². The molecule has 1 saturated heterocycles. The van der Waals surface area contributed by atoms with Gasteiger partial charge in [-0.1, -0.05) is 19.1 Å². The zero-order valence-corrected chi connectivity index (χ0v) is 17.2. The second kappa shape index (κ2) is 8.08. The second-order valence-corrected chi connectivity index (χ2v) is 8.80. The van der Waals surface area contributed by atoms with Crippen LogP contribution in [-0.2, 0) is 27.4 Å². The van der Waals surface area contributed by atoms with Crippen LogP contribution >= 0.6 is 0 Å². The molecule has 0 bridgehead atoms. The third kappa shape index (κ3) is 4.47.